The summed E-state index contributed by atoms with van der Waals surface area (Å²) in [6, 6.07) is 9.57. The van der Waals surface area contributed by atoms with E-state index in [1.54, 1.807) is 13.8 Å². The molecule has 0 aliphatic heterocycles. The molecule has 114 valence electrons. The fourth-order valence-corrected chi connectivity index (χ4v) is 2.02. The second-order valence-corrected chi connectivity index (χ2v) is 4.76. The molecule has 1 rings (SSSR count). The van der Waals surface area contributed by atoms with Crippen LogP contribution in [0.4, 0.5) is 0 Å². The van der Waals surface area contributed by atoms with Crippen molar-refractivity contribution in [3.63, 3.8) is 0 Å². The second-order valence-electron chi connectivity index (χ2n) is 4.32. The van der Waals surface area contributed by atoms with Gasteiger partial charge in [0.2, 0.25) is 0 Å². The first kappa shape index (κ1) is 17.3. The van der Waals surface area contributed by atoms with Gasteiger partial charge in [-0.1, -0.05) is 30.3 Å². The zero-order valence-electron chi connectivity index (χ0n) is 12.3. The van der Waals surface area contributed by atoms with Crippen LogP contribution in [0.3, 0.4) is 0 Å². The molecule has 0 bridgehead atoms. The smallest absolute Gasteiger partial charge is 0.344 e. The molecular weight excluding hydrogens is 288 g/mol. The average Bonchev–Trinajstić information content (AvgIpc) is 2.47. The van der Waals surface area contributed by atoms with E-state index in [1.165, 1.54) is 0 Å². The zero-order valence-corrected chi connectivity index (χ0v) is 13.2. The van der Waals surface area contributed by atoms with Crippen LogP contribution >= 0.6 is 12.6 Å². The van der Waals surface area contributed by atoms with E-state index >= 15 is 0 Å². The van der Waals surface area contributed by atoms with Crippen LogP contribution in [0, 0.1) is 0 Å². The fraction of sp³-hybridized carbons (Fsp3) is 0.375. The molecule has 0 heterocycles. The predicted octanol–water partition coefficient (Wildman–Crippen LogP) is 2.93. The summed E-state index contributed by atoms with van der Waals surface area (Å²) in [5.41, 5.74) is 1.59. The van der Waals surface area contributed by atoms with E-state index in [1.807, 2.05) is 30.3 Å². The Balaban J connectivity index is 2.96. The standard InChI is InChI=1S/C16H20O4S/c1-3-19-14(17)11-13(15(21)16(18)20-4-2)10-12-8-6-5-7-9-12/h5-9,21H,3-4,10-11H2,1-2H3/b15-13+. The Bertz CT molecular complexity index is 508. The number of thiol groups is 1. The van der Waals surface area contributed by atoms with Crippen molar-refractivity contribution in [2.75, 3.05) is 13.2 Å². The van der Waals surface area contributed by atoms with Crippen LogP contribution in [0.5, 0.6) is 0 Å². The normalized spacial score (nSPS) is 11.6. The van der Waals surface area contributed by atoms with E-state index in [4.69, 9.17) is 9.47 Å². The van der Waals surface area contributed by atoms with Gasteiger partial charge in [-0.2, -0.15) is 0 Å². The van der Waals surface area contributed by atoms with Crippen molar-refractivity contribution in [3.8, 4) is 0 Å². The molecule has 0 aromatic heterocycles. The summed E-state index contributed by atoms with van der Waals surface area (Å²) in [6.45, 7) is 4.03. The predicted molar refractivity (Wildman–Crippen MR) is 84.0 cm³/mol. The Hall–Kier alpha value is -1.75. The molecule has 0 radical (unpaired) electrons. The number of carbonyl (C=O) groups is 2. The monoisotopic (exact) mass is 308 g/mol. The van der Waals surface area contributed by atoms with Gasteiger partial charge in [0.25, 0.3) is 0 Å². The summed E-state index contributed by atoms with van der Waals surface area (Å²) >= 11 is 4.22. The van der Waals surface area contributed by atoms with Crippen LogP contribution in [0.1, 0.15) is 25.8 Å². The molecule has 21 heavy (non-hydrogen) atoms. The molecule has 1 aromatic rings. The van der Waals surface area contributed by atoms with Gasteiger partial charge in [0, 0.05) is 0 Å². The van der Waals surface area contributed by atoms with Gasteiger partial charge in [0.1, 0.15) is 0 Å². The number of ether oxygens (including phenoxy) is 2. The number of benzene rings is 1. The van der Waals surface area contributed by atoms with Crippen molar-refractivity contribution in [2.24, 2.45) is 0 Å². The van der Waals surface area contributed by atoms with E-state index in [-0.39, 0.29) is 23.9 Å². The summed E-state index contributed by atoms with van der Waals surface area (Å²) in [6.07, 6.45) is 0.484. The molecular formula is C16H20O4S. The first-order chi connectivity index (χ1) is 10.1. The summed E-state index contributed by atoms with van der Waals surface area (Å²) in [5, 5.41) is 0. The van der Waals surface area contributed by atoms with Crippen LogP contribution in [0.15, 0.2) is 40.8 Å². The Morgan fingerprint density at radius 2 is 1.67 bits per heavy atom. The van der Waals surface area contributed by atoms with Crippen molar-refractivity contribution < 1.29 is 19.1 Å². The summed E-state index contributed by atoms with van der Waals surface area (Å²) in [4.78, 5) is 23.7. The van der Waals surface area contributed by atoms with Crippen molar-refractivity contribution >= 4 is 24.6 Å². The molecule has 0 unspecified atom stereocenters. The minimum absolute atomic E-state index is 0.0282. The van der Waals surface area contributed by atoms with E-state index in [0.717, 1.165) is 5.56 Å². The third-order valence-electron chi connectivity index (χ3n) is 2.73. The first-order valence-corrected chi connectivity index (χ1v) is 7.30. The maximum Gasteiger partial charge on any atom is 0.344 e. The highest BCUT2D eigenvalue weighted by Gasteiger charge is 2.17. The highest BCUT2D eigenvalue weighted by atomic mass is 32.1. The van der Waals surface area contributed by atoms with E-state index < -0.39 is 5.97 Å². The lowest BCUT2D eigenvalue weighted by Gasteiger charge is -2.11. The Labute approximate surface area is 130 Å². The molecule has 0 saturated heterocycles. The number of hydrogen-bond acceptors (Lipinski definition) is 5. The molecule has 0 fully saturated rings. The van der Waals surface area contributed by atoms with Crippen molar-refractivity contribution in [1.29, 1.82) is 0 Å². The zero-order chi connectivity index (χ0) is 15.7. The molecule has 0 aliphatic rings. The molecule has 5 heteroatoms. The van der Waals surface area contributed by atoms with Gasteiger partial charge in [0.15, 0.2) is 0 Å². The largest absolute Gasteiger partial charge is 0.466 e. The van der Waals surface area contributed by atoms with Crippen LogP contribution in [0.25, 0.3) is 0 Å². The lowest BCUT2D eigenvalue weighted by molar-refractivity contribution is -0.142. The quantitative estimate of drug-likeness (QED) is 0.478. The number of esters is 2. The van der Waals surface area contributed by atoms with Gasteiger partial charge in [-0.3, -0.25) is 4.79 Å². The lowest BCUT2D eigenvalue weighted by atomic mass is 10.0. The Morgan fingerprint density at radius 3 is 2.24 bits per heavy atom. The van der Waals surface area contributed by atoms with E-state index in [2.05, 4.69) is 12.6 Å². The molecule has 0 amide bonds. The second kappa shape index (κ2) is 9.23. The number of carbonyl (C=O) groups excluding carboxylic acids is 2. The first-order valence-electron chi connectivity index (χ1n) is 6.86. The Kier molecular flexibility index (Phi) is 7.61. The Morgan fingerprint density at radius 1 is 1.05 bits per heavy atom. The average molecular weight is 308 g/mol. The van der Waals surface area contributed by atoms with Gasteiger partial charge in [0.05, 0.1) is 24.5 Å². The van der Waals surface area contributed by atoms with Gasteiger partial charge >= 0.3 is 11.9 Å². The summed E-state index contributed by atoms with van der Waals surface area (Å²) in [5.74, 6) is -0.893. The molecule has 4 nitrogen and oxygen atoms in total. The topological polar surface area (TPSA) is 52.6 Å². The molecule has 0 spiro atoms. The lowest BCUT2D eigenvalue weighted by Crippen LogP contribution is -2.12. The van der Waals surface area contributed by atoms with Crippen LogP contribution in [-0.4, -0.2) is 25.2 Å². The van der Waals surface area contributed by atoms with E-state index in [9.17, 15) is 9.59 Å². The third-order valence-corrected chi connectivity index (χ3v) is 3.23. The number of rotatable bonds is 7. The molecule has 0 saturated carbocycles. The minimum atomic E-state index is -0.518. The molecule has 1 aromatic carbocycles. The van der Waals surface area contributed by atoms with Crippen molar-refractivity contribution in [3.05, 3.63) is 46.4 Å². The maximum atomic E-state index is 11.8. The fourth-order valence-electron chi connectivity index (χ4n) is 1.80. The summed E-state index contributed by atoms with van der Waals surface area (Å²) < 4.78 is 9.88. The van der Waals surface area contributed by atoms with Crippen LogP contribution in [-0.2, 0) is 25.5 Å². The maximum absolute atomic E-state index is 11.8. The molecule has 0 aliphatic carbocycles. The highest BCUT2D eigenvalue weighted by molar-refractivity contribution is 7.85. The number of hydrogen-bond donors (Lipinski definition) is 1. The van der Waals surface area contributed by atoms with Gasteiger partial charge in [-0.25, -0.2) is 4.79 Å². The van der Waals surface area contributed by atoms with Gasteiger partial charge in [-0.15, -0.1) is 12.6 Å². The molecule has 0 N–H and O–H groups in total. The van der Waals surface area contributed by atoms with Crippen LogP contribution in [0.2, 0.25) is 0 Å². The summed E-state index contributed by atoms with van der Waals surface area (Å²) in [7, 11) is 0. The van der Waals surface area contributed by atoms with Crippen LogP contribution < -0.4 is 0 Å². The van der Waals surface area contributed by atoms with Crippen molar-refractivity contribution in [1.82, 2.24) is 0 Å². The third kappa shape index (κ3) is 6.04. The van der Waals surface area contributed by atoms with Gasteiger partial charge < -0.3 is 9.47 Å². The highest BCUT2D eigenvalue weighted by Crippen LogP contribution is 2.20. The van der Waals surface area contributed by atoms with Gasteiger partial charge in [-0.05, 0) is 31.4 Å². The minimum Gasteiger partial charge on any atom is -0.466 e. The van der Waals surface area contributed by atoms with E-state index in [0.29, 0.717) is 18.6 Å². The molecule has 0 atom stereocenters. The van der Waals surface area contributed by atoms with Crippen molar-refractivity contribution in [2.45, 2.75) is 26.7 Å². The SMILES string of the molecule is CCOC(=O)C/C(Cc1ccccc1)=C(/S)C(=O)OCC.